The molecule has 0 atom stereocenters. The summed E-state index contributed by atoms with van der Waals surface area (Å²) in [7, 11) is 0. The number of carbonyl (C=O) groups is 1. The number of nitrogens with zero attached hydrogens (tertiary/aromatic N) is 2. The lowest BCUT2D eigenvalue weighted by molar-refractivity contribution is 0.0945. The van der Waals surface area contributed by atoms with E-state index in [2.05, 4.69) is 68.4 Å². The Kier molecular flexibility index (Phi) is 5.91. The highest BCUT2D eigenvalue weighted by Gasteiger charge is 2.19. The van der Waals surface area contributed by atoms with E-state index < -0.39 is 0 Å². The van der Waals surface area contributed by atoms with Crippen molar-refractivity contribution in [1.29, 1.82) is 0 Å². The first-order valence-corrected chi connectivity index (χ1v) is 9.66. The van der Waals surface area contributed by atoms with Gasteiger partial charge in [0.25, 0.3) is 5.91 Å². The Morgan fingerprint density at radius 2 is 1.96 bits per heavy atom. The third kappa shape index (κ3) is 4.30. The van der Waals surface area contributed by atoms with E-state index in [1.165, 1.54) is 37.1 Å². The Morgan fingerprint density at radius 3 is 2.60 bits per heavy atom. The minimum atomic E-state index is -0.161. The number of halogens is 1. The first kappa shape index (κ1) is 18.1. The van der Waals surface area contributed by atoms with Crippen molar-refractivity contribution in [2.45, 2.75) is 45.7 Å². The van der Waals surface area contributed by atoms with Crippen molar-refractivity contribution in [3.63, 3.8) is 0 Å². The lowest BCUT2D eigenvalue weighted by Crippen LogP contribution is -2.25. The molecule has 0 bridgehead atoms. The molecule has 0 unspecified atom stereocenters. The Balaban J connectivity index is 1.66. The number of hydrogen-bond donors (Lipinski definition) is 2. The van der Waals surface area contributed by atoms with E-state index in [1.807, 2.05) is 6.07 Å². The maximum Gasteiger partial charge on any atom is 0.273 e. The van der Waals surface area contributed by atoms with Gasteiger partial charge < -0.3 is 5.32 Å². The van der Waals surface area contributed by atoms with Crippen molar-refractivity contribution < 1.29 is 4.79 Å². The van der Waals surface area contributed by atoms with Crippen LogP contribution in [0.5, 0.6) is 0 Å². The number of amides is 1. The zero-order valence-corrected chi connectivity index (χ0v) is 16.4. The van der Waals surface area contributed by atoms with Crippen LogP contribution in [0.1, 0.15) is 59.9 Å². The fourth-order valence-corrected chi connectivity index (χ4v) is 4.02. The largest absolute Gasteiger partial charge is 0.347 e. The van der Waals surface area contributed by atoms with E-state index in [4.69, 9.17) is 0 Å². The number of rotatable bonds is 6. The number of aromatic amines is 1. The van der Waals surface area contributed by atoms with Gasteiger partial charge in [0.15, 0.2) is 5.69 Å². The van der Waals surface area contributed by atoms with Crippen molar-refractivity contribution in [2.24, 2.45) is 0 Å². The van der Waals surface area contributed by atoms with E-state index >= 15 is 0 Å². The molecule has 0 radical (unpaired) electrons. The Labute approximate surface area is 157 Å². The third-order valence-corrected chi connectivity index (χ3v) is 5.48. The molecule has 0 aliphatic carbocycles. The van der Waals surface area contributed by atoms with Crippen LogP contribution >= 0.6 is 15.9 Å². The maximum absolute atomic E-state index is 12.5. The highest BCUT2D eigenvalue weighted by atomic mass is 79.9. The summed E-state index contributed by atoms with van der Waals surface area (Å²) in [5, 5.41) is 10.1. The summed E-state index contributed by atoms with van der Waals surface area (Å²) in [5.74, 6) is 0.121. The molecule has 1 aliphatic rings. The summed E-state index contributed by atoms with van der Waals surface area (Å²) in [6.07, 6.45) is 2.56. The molecule has 2 aromatic rings. The molecule has 2 N–H and O–H groups in total. The quantitative estimate of drug-likeness (QED) is 0.768. The van der Waals surface area contributed by atoms with Crippen LogP contribution in [0.25, 0.3) is 0 Å². The minimum absolute atomic E-state index is 0.161. The number of carbonyl (C=O) groups excluding carboxylic acids is 1. The molecule has 25 heavy (non-hydrogen) atoms. The van der Waals surface area contributed by atoms with Gasteiger partial charge in [0.1, 0.15) is 0 Å². The molecule has 0 spiro atoms. The van der Waals surface area contributed by atoms with Gasteiger partial charge in [-0.2, -0.15) is 5.10 Å². The SMILES string of the molecule is CC(C)c1[nH]nc(C(=O)NCc2ccccc2CN2CCCC2)c1Br. The van der Waals surface area contributed by atoms with Crippen LogP contribution < -0.4 is 5.32 Å². The zero-order chi connectivity index (χ0) is 17.8. The average molecular weight is 405 g/mol. The summed E-state index contributed by atoms with van der Waals surface area (Å²) >= 11 is 3.49. The number of nitrogens with one attached hydrogen (secondary N) is 2. The molecule has 0 saturated carbocycles. The molecule has 1 aromatic carbocycles. The number of hydrogen-bond acceptors (Lipinski definition) is 3. The first-order chi connectivity index (χ1) is 12.1. The summed E-state index contributed by atoms with van der Waals surface area (Å²) < 4.78 is 0.755. The lowest BCUT2D eigenvalue weighted by Gasteiger charge is -2.17. The van der Waals surface area contributed by atoms with Gasteiger partial charge >= 0.3 is 0 Å². The first-order valence-electron chi connectivity index (χ1n) is 8.87. The zero-order valence-electron chi connectivity index (χ0n) is 14.8. The molecular weight excluding hydrogens is 380 g/mol. The summed E-state index contributed by atoms with van der Waals surface area (Å²) in [5.41, 5.74) is 3.81. The van der Waals surface area contributed by atoms with E-state index in [1.54, 1.807) is 0 Å². The second kappa shape index (κ2) is 8.15. The fourth-order valence-electron chi connectivity index (χ4n) is 3.20. The van der Waals surface area contributed by atoms with Gasteiger partial charge in [-0.25, -0.2) is 0 Å². The van der Waals surface area contributed by atoms with E-state index in [-0.39, 0.29) is 11.8 Å². The molecule has 2 heterocycles. The highest BCUT2D eigenvalue weighted by Crippen LogP contribution is 2.25. The number of benzene rings is 1. The van der Waals surface area contributed by atoms with Gasteiger partial charge in [0.05, 0.1) is 10.2 Å². The molecule has 1 amide bonds. The van der Waals surface area contributed by atoms with Crippen molar-refractivity contribution in [2.75, 3.05) is 13.1 Å². The van der Waals surface area contributed by atoms with E-state index in [0.29, 0.717) is 12.2 Å². The maximum atomic E-state index is 12.5. The summed E-state index contributed by atoms with van der Waals surface area (Å²) in [6.45, 7) is 7.93. The Hall–Kier alpha value is -1.66. The van der Waals surface area contributed by atoms with Crippen molar-refractivity contribution in [1.82, 2.24) is 20.4 Å². The lowest BCUT2D eigenvalue weighted by atomic mass is 10.1. The standard InChI is InChI=1S/C19H25BrN4O/c1-13(2)17-16(20)18(23-22-17)19(25)21-11-14-7-3-4-8-15(14)12-24-9-5-6-10-24/h3-4,7-8,13H,5-6,9-12H2,1-2H3,(H,21,25)(H,22,23). The van der Waals surface area contributed by atoms with E-state index in [0.717, 1.165) is 16.7 Å². The number of H-pyrrole nitrogens is 1. The smallest absolute Gasteiger partial charge is 0.273 e. The van der Waals surface area contributed by atoms with Crippen LogP contribution in [0.4, 0.5) is 0 Å². The average Bonchev–Trinajstić information content (AvgIpc) is 3.23. The van der Waals surface area contributed by atoms with Crippen LogP contribution in [0.2, 0.25) is 0 Å². The Bertz CT molecular complexity index is 735. The summed E-state index contributed by atoms with van der Waals surface area (Å²) in [6, 6.07) is 8.33. The molecule has 3 rings (SSSR count). The van der Waals surface area contributed by atoms with Crippen LogP contribution in [-0.4, -0.2) is 34.1 Å². The van der Waals surface area contributed by atoms with Crippen molar-refractivity contribution >= 4 is 21.8 Å². The summed E-state index contributed by atoms with van der Waals surface area (Å²) in [4.78, 5) is 15.0. The predicted molar refractivity (Wildman–Crippen MR) is 102 cm³/mol. The monoisotopic (exact) mass is 404 g/mol. The van der Waals surface area contributed by atoms with Crippen LogP contribution in [-0.2, 0) is 13.1 Å². The molecule has 6 heteroatoms. The second-order valence-corrected chi connectivity index (χ2v) is 7.68. The van der Waals surface area contributed by atoms with Gasteiger partial charge in [-0.3, -0.25) is 14.8 Å². The van der Waals surface area contributed by atoms with Gasteiger partial charge in [0, 0.05) is 13.1 Å². The highest BCUT2D eigenvalue weighted by molar-refractivity contribution is 9.10. The molecular formula is C19H25BrN4O. The second-order valence-electron chi connectivity index (χ2n) is 6.89. The van der Waals surface area contributed by atoms with Gasteiger partial charge in [-0.05, 0) is 58.9 Å². The van der Waals surface area contributed by atoms with Crippen LogP contribution in [0.3, 0.4) is 0 Å². The van der Waals surface area contributed by atoms with E-state index in [9.17, 15) is 4.79 Å². The van der Waals surface area contributed by atoms with Gasteiger partial charge in [-0.15, -0.1) is 0 Å². The molecule has 1 aliphatic heterocycles. The molecule has 1 aromatic heterocycles. The fraction of sp³-hybridized carbons (Fsp3) is 0.474. The molecule has 1 saturated heterocycles. The van der Waals surface area contributed by atoms with Gasteiger partial charge in [-0.1, -0.05) is 38.1 Å². The normalized spacial score (nSPS) is 15.0. The predicted octanol–water partition coefficient (Wildman–Crippen LogP) is 3.82. The molecule has 134 valence electrons. The van der Waals surface area contributed by atoms with Crippen LogP contribution in [0, 0.1) is 0 Å². The topological polar surface area (TPSA) is 61.0 Å². The number of likely N-dealkylation sites (tertiary alicyclic amines) is 1. The van der Waals surface area contributed by atoms with Crippen molar-refractivity contribution in [3.05, 3.63) is 51.3 Å². The third-order valence-electron chi connectivity index (χ3n) is 4.68. The van der Waals surface area contributed by atoms with Gasteiger partial charge in [0.2, 0.25) is 0 Å². The molecule has 1 fully saturated rings. The minimum Gasteiger partial charge on any atom is -0.347 e. The van der Waals surface area contributed by atoms with Crippen molar-refractivity contribution in [3.8, 4) is 0 Å². The Morgan fingerprint density at radius 1 is 1.28 bits per heavy atom. The van der Waals surface area contributed by atoms with Crippen LogP contribution in [0.15, 0.2) is 28.7 Å². The number of aromatic nitrogens is 2. The molecule has 5 nitrogen and oxygen atoms in total.